The largest absolute Gasteiger partial charge is 0.369 e. The van der Waals surface area contributed by atoms with Gasteiger partial charge in [-0.25, -0.2) is 4.98 Å². The van der Waals surface area contributed by atoms with Crippen molar-refractivity contribution in [3.8, 4) is 11.1 Å². The number of aromatic nitrogens is 1. The number of hydrogen-bond acceptors (Lipinski definition) is 5. The molecule has 6 nitrogen and oxygen atoms in total. The Labute approximate surface area is 181 Å². The molecule has 0 aliphatic carbocycles. The van der Waals surface area contributed by atoms with E-state index in [-0.39, 0.29) is 5.69 Å². The number of nitrogens with one attached hydrogen (secondary N) is 1. The molecule has 1 aliphatic heterocycles. The molecule has 3 aromatic rings. The number of rotatable bonds is 5. The zero-order valence-corrected chi connectivity index (χ0v) is 17.6. The molecule has 2 aromatic carbocycles. The van der Waals surface area contributed by atoms with Crippen LogP contribution in [0.5, 0.6) is 0 Å². The van der Waals surface area contributed by atoms with Crippen LogP contribution in [0.4, 0.5) is 17.1 Å². The molecular weight excluding hydrogens is 398 g/mol. The van der Waals surface area contributed by atoms with Gasteiger partial charge in [0.05, 0.1) is 5.69 Å². The standard InChI is InChI=1S/C23H24ClN5O/c1-28-9-11-29(12-10-28)20-7-5-19(6-8-20)27-21-14-17(15-26-22(21)23(25)30)16-3-2-4-18(24)13-16/h2-8,13-15,27H,9-12H2,1H3,(H2,25,30). The highest BCUT2D eigenvalue weighted by molar-refractivity contribution is 6.30. The summed E-state index contributed by atoms with van der Waals surface area (Å²) in [6.07, 6.45) is 1.63. The number of halogens is 1. The summed E-state index contributed by atoms with van der Waals surface area (Å²) in [5.74, 6) is -0.579. The number of pyridine rings is 1. The van der Waals surface area contributed by atoms with Gasteiger partial charge in [-0.1, -0.05) is 23.7 Å². The summed E-state index contributed by atoms with van der Waals surface area (Å²) in [7, 11) is 2.15. The lowest BCUT2D eigenvalue weighted by molar-refractivity contribution is 0.0996. The third-order valence-corrected chi connectivity index (χ3v) is 5.53. The predicted octanol–water partition coefficient (Wildman–Crippen LogP) is 4.00. The highest BCUT2D eigenvalue weighted by Crippen LogP contribution is 2.29. The monoisotopic (exact) mass is 421 g/mol. The average Bonchev–Trinajstić information content (AvgIpc) is 2.75. The summed E-state index contributed by atoms with van der Waals surface area (Å²) in [6.45, 7) is 4.15. The van der Waals surface area contributed by atoms with E-state index in [1.165, 1.54) is 5.69 Å². The maximum absolute atomic E-state index is 11.9. The van der Waals surface area contributed by atoms with Crippen molar-refractivity contribution < 1.29 is 4.79 Å². The van der Waals surface area contributed by atoms with E-state index in [0.29, 0.717) is 10.7 Å². The van der Waals surface area contributed by atoms with E-state index in [9.17, 15) is 4.79 Å². The second kappa shape index (κ2) is 8.73. The lowest BCUT2D eigenvalue weighted by atomic mass is 10.1. The maximum atomic E-state index is 11.9. The summed E-state index contributed by atoms with van der Waals surface area (Å²) in [5, 5.41) is 3.93. The fourth-order valence-corrected chi connectivity index (χ4v) is 3.75. The number of carbonyl (C=O) groups is 1. The summed E-state index contributed by atoms with van der Waals surface area (Å²) < 4.78 is 0. The van der Waals surface area contributed by atoms with E-state index < -0.39 is 5.91 Å². The van der Waals surface area contributed by atoms with Crippen LogP contribution in [-0.2, 0) is 0 Å². The van der Waals surface area contributed by atoms with Crippen LogP contribution in [0.15, 0.2) is 60.8 Å². The van der Waals surface area contributed by atoms with Crippen LogP contribution in [0.25, 0.3) is 11.1 Å². The van der Waals surface area contributed by atoms with E-state index in [2.05, 4.69) is 39.3 Å². The van der Waals surface area contributed by atoms with Gasteiger partial charge in [-0.3, -0.25) is 4.79 Å². The number of amides is 1. The Morgan fingerprint density at radius 1 is 1.03 bits per heavy atom. The topological polar surface area (TPSA) is 74.5 Å². The van der Waals surface area contributed by atoms with Gasteiger partial charge >= 0.3 is 0 Å². The van der Waals surface area contributed by atoms with Gasteiger partial charge in [0.15, 0.2) is 5.69 Å². The number of likely N-dealkylation sites (N-methyl/N-ethyl adjacent to an activating group) is 1. The first kappa shape index (κ1) is 20.2. The molecule has 1 amide bonds. The summed E-state index contributed by atoms with van der Waals surface area (Å²) >= 11 is 6.12. The van der Waals surface area contributed by atoms with Crippen molar-refractivity contribution in [2.45, 2.75) is 0 Å². The smallest absolute Gasteiger partial charge is 0.269 e. The number of hydrogen-bond donors (Lipinski definition) is 2. The Balaban J connectivity index is 1.58. The van der Waals surface area contributed by atoms with Crippen LogP contribution in [0.1, 0.15) is 10.5 Å². The van der Waals surface area contributed by atoms with E-state index in [1.807, 2.05) is 42.5 Å². The van der Waals surface area contributed by atoms with Crippen LogP contribution < -0.4 is 16.0 Å². The molecule has 0 saturated carbocycles. The molecule has 0 radical (unpaired) electrons. The second-order valence-electron chi connectivity index (χ2n) is 7.46. The first-order chi connectivity index (χ1) is 14.5. The van der Waals surface area contributed by atoms with Gasteiger partial charge < -0.3 is 20.9 Å². The molecule has 30 heavy (non-hydrogen) atoms. The maximum Gasteiger partial charge on any atom is 0.269 e. The number of carbonyl (C=O) groups excluding carboxylic acids is 1. The minimum absolute atomic E-state index is 0.198. The average molecular weight is 422 g/mol. The molecule has 0 bridgehead atoms. The van der Waals surface area contributed by atoms with Crippen molar-refractivity contribution in [3.63, 3.8) is 0 Å². The normalized spacial score (nSPS) is 14.5. The van der Waals surface area contributed by atoms with Crippen LogP contribution in [-0.4, -0.2) is 49.0 Å². The van der Waals surface area contributed by atoms with E-state index in [0.717, 1.165) is 43.0 Å². The minimum atomic E-state index is -0.579. The number of primary amides is 1. The zero-order valence-electron chi connectivity index (χ0n) is 16.8. The van der Waals surface area contributed by atoms with Gasteiger partial charge in [-0.2, -0.15) is 0 Å². The molecule has 0 unspecified atom stereocenters. The van der Waals surface area contributed by atoms with Gasteiger partial charge in [0, 0.05) is 54.3 Å². The Kier molecular flexibility index (Phi) is 5.88. The molecule has 7 heteroatoms. The Morgan fingerprint density at radius 3 is 2.43 bits per heavy atom. The van der Waals surface area contributed by atoms with Crippen LogP contribution in [0.3, 0.4) is 0 Å². The molecule has 4 rings (SSSR count). The first-order valence-corrected chi connectivity index (χ1v) is 10.2. The van der Waals surface area contributed by atoms with Crippen molar-refractivity contribution in [1.82, 2.24) is 9.88 Å². The highest BCUT2D eigenvalue weighted by Gasteiger charge is 2.15. The van der Waals surface area contributed by atoms with Crippen molar-refractivity contribution in [1.29, 1.82) is 0 Å². The number of nitrogens with two attached hydrogens (primary N) is 1. The van der Waals surface area contributed by atoms with Gasteiger partial charge in [-0.05, 0) is 55.1 Å². The molecule has 0 spiro atoms. The van der Waals surface area contributed by atoms with Gasteiger partial charge in [0.25, 0.3) is 5.91 Å². The fourth-order valence-electron chi connectivity index (χ4n) is 3.56. The van der Waals surface area contributed by atoms with E-state index in [1.54, 1.807) is 6.20 Å². The molecule has 1 saturated heterocycles. The van der Waals surface area contributed by atoms with Crippen molar-refractivity contribution in [2.75, 3.05) is 43.4 Å². The quantitative estimate of drug-likeness (QED) is 0.651. The number of piperazine rings is 1. The van der Waals surface area contributed by atoms with E-state index >= 15 is 0 Å². The van der Waals surface area contributed by atoms with Crippen LogP contribution >= 0.6 is 11.6 Å². The third-order valence-electron chi connectivity index (χ3n) is 5.29. The fraction of sp³-hybridized carbons (Fsp3) is 0.217. The van der Waals surface area contributed by atoms with Gasteiger partial charge in [-0.15, -0.1) is 0 Å². The molecular formula is C23H24ClN5O. The molecule has 1 aromatic heterocycles. The van der Waals surface area contributed by atoms with Crippen molar-refractivity contribution in [2.24, 2.45) is 5.73 Å². The Morgan fingerprint density at radius 2 is 1.77 bits per heavy atom. The molecule has 3 N–H and O–H groups in total. The van der Waals surface area contributed by atoms with Crippen LogP contribution in [0.2, 0.25) is 5.02 Å². The SMILES string of the molecule is CN1CCN(c2ccc(Nc3cc(-c4cccc(Cl)c4)cnc3C(N)=O)cc2)CC1. The molecule has 1 aliphatic rings. The van der Waals surface area contributed by atoms with E-state index in [4.69, 9.17) is 17.3 Å². The Bertz CT molecular complexity index is 1050. The molecule has 154 valence electrons. The summed E-state index contributed by atoms with van der Waals surface area (Å²) in [4.78, 5) is 20.9. The number of benzene rings is 2. The molecule has 2 heterocycles. The van der Waals surface area contributed by atoms with Crippen molar-refractivity contribution >= 4 is 34.6 Å². The number of nitrogens with zero attached hydrogens (tertiary/aromatic N) is 3. The van der Waals surface area contributed by atoms with Crippen molar-refractivity contribution in [3.05, 3.63) is 71.5 Å². The third kappa shape index (κ3) is 4.56. The number of anilines is 3. The Hall–Kier alpha value is -3.09. The minimum Gasteiger partial charge on any atom is -0.369 e. The summed E-state index contributed by atoms with van der Waals surface area (Å²) in [6, 6.07) is 17.6. The van der Waals surface area contributed by atoms with Gasteiger partial charge in [0.2, 0.25) is 0 Å². The lowest BCUT2D eigenvalue weighted by Gasteiger charge is -2.34. The molecule has 1 fully saturated rings. The highest BCUT2D eigenvalue weighted by atomic mass is 35.5. The lowest BCUT2D eigenvalue weighted by Crippen LogP contribution is -2.44. The predicted molar refractivity (Wildman–Crippen MR) is 123 cm³/mol. The van der Waals surface area contributed by atoms with Crippen LogP contribution in [0, 0.1) is 0 Å². The second-order valence-corrected chi connectivity index (χ2v) is 7.89. The molecule has 0 atom stereocenters. The van der Waals surface area contributed by atoms with Gasteiger partial charge in [0.1, 0.15) is 0 Å². The zero-order chi connectivity index (χ0) is 21.1. The summed E-state index contributed by atoms with van der Waals surface area (Å²) in [5.41, 5.74) is 10.1. The first-order valence-electron chi connectivity index (χ1n) is 9.86.